The van der Waals surface area contributed by atoms with Gasteiger partial charge in [-0.2, -0.15) is 0 Å². The number of methoxy groups -OCH3 is 1. The maximum absolute atomic E-state index is 11.3. The molecule has 1 amide bonds. The quantitative estimate of drug-likeness (QED) is 0.569. The van der Waals surface area contributed by atoms with E-state index in [0.29, 0.717) is 13.2 Å². The van der Waals surface area contributed by atoms with Crippen LogP contribution in [0.1, 0.15) is 0 Å². The molecule has 0 atom stereocenters. The van der Waals surface area contributed by atoms with Gasteiger partial charge in [-0.3, -0.25) is 14.2 Å². The number of nitrogens with one attached hydrogen (secondary N) is 1. The van der Waals surface area contributed by atoms with Crippen molar-refractivity contribution in [2.75, 3.05) is 20.3 Å². The predicted molar refractivity (Wildman–Crippen MR) is 58.4 cm³/mol. The summed E-state index contributed by atoms with van der Waals surface area (Å²) in [4.78, 5) is 26.4. The minimum Gasteiger partial charge on any atom is -0.383 e. The zero-order chi connectivity index (χ0) is 12.0. The summed E-state index contributed by atoms with van der Waals surface area (Å²) in [5.74, 6) is -0.275. The van der Waals surface area contributed by atoms with Crippen LogP contribution in [0.4, 0.5) is 0 Å². The van der Waals surface area contributed by atoms with Crippen LogP contribution in [-0.2, 0) is 16.1 Å². The third kappa shape index (κ3) is 4.00. The van der Waals surface area contributed by atoms with Gasteiger partial charge in [-0.25, -0.2) is 4.98 Å². The van der Waals surface area contributed by atoms with Gasteiger partial charge in [0.1, 0.15) is 11.7 Å². The molecule has 7 heteroatoms. The molecule has 88 valence electrons. The van der Waals surface area contributed by atoms with Crippen LogP contribution in [0.15, 0.2) is 17.2 Å². The number of rotatable bonds is 5. The Hall–Kier alpha value is -1.40. The first kappa shape index (κ1) is 12.7. The lowest BCUT2D eigenvalue weighted by atomic mass is 10.5. The summed E-state index contributed by atoms with van der Waals surface area (Å²) >= 11 is 5.51. The van der Waals surface area contributed by atoms with Gasteiger partial charge in [-0.15, -0.1) is 0 Å². The molecule has 1 rings (SSSR count). The second kappa shape index (κ2) is 6.24. The first-order valence-electron chi connectivity index (χ1n) is 4.61. The second-order valence-corrected chi connectivity index (χ2v) is 3.41. The number of carbonyl (C=O) groups is 1. The van der Waals surface area contributed by atoms with E-state index in [4.69, 9.17) is 16.3 Å². The number of ether oxygens (including phenoxy) is 1. The van der Waals surface area contributed by atoms with E-state index in [-0.39, 0.29) is 23.2 Å². The number of halogens is 1. The Labute approximate surface area is 97.2 Å². The smallest absolute Gasteiger partial charge is 0.255 e. The lowest BCUT2D eigenvalue weighted by Gasteiger charge is -2.06. The van der Waals surface area contributed by atoms with Gasteiger partial charge in [0.05, 0.1) is 12.9 Å². The fraction of sp³-hybridized carbons (Fsp3) is 0.444. The summed E-state index contributed by atoms with van der Waals surface area (Å²) in [5.41, 5.74) is -0.359. The van der Waals surface area contributed by atoms with Crippen molar-refractivity contribution >= 4 is 17.5 Å². The van der Waals surface area contributed by atoms with Crippen LogP contribution >= 0.6 is 11.6 Å². The van der Waals surface area contributed by atoms with Crippen molar-refractivity contribution < 1.29 is 9.53 Å². The van der Waals surface area contributed by atoms with E-state index in [1.54, 1.807) is 7.11 Å². The minimum absolute atomic E-state index is 0.0767. The SMILES string of the molecule is COCCNC(=O)Cn1cnc(Cl)cc1=O. The molecule has 0 aliphatic rings. The van der Waals surface area contributed by atoms with E-state index in [9.17, 15) is 9.59 Å². The molecular weight excluding hydrogens is 234 g/mol. The van der Waals surface area contributed by atoms with Gasteiger partial charge >= 0.3 is 0 Å². The molecule has 0 fully saturated rings. The van der Waals surface area contributed by atoms with Crippen molar-refractivity contribution in [3.05, 3.63) is 27.9 Å². The van der Waals surface area contributed by atoms with Crippen LogP contribution < -0.4 is 10.9 Å². The highest BCUT2D eigenvalue weighted by atomic mass is 35.5. The predicted octanol–water partition coefficient (Wildman–Crippen LogP) is -0.341. The molecule has 0 aromatic carbocycles. The molecule has 1 N–H and O–H groups in total. The van der Waals surface area contributed by atoms with E-state index in [2.05, 4.69) is 10.3 Å². The number of hydrogen-bond acceptors (Lipinski definition) is 4. The van der Waals surface area contributed by atoms with Crippen molar-refractivity contribution in [2.45, 2.75) is 6.54 Å². The Kier molecular flexibility index (Phi) is 4.94. The van der Waals surface area contributed by atoms with Crippen molar-refractivity contribution in [3.8, 4) is 0 Å². The molecule has 6 nitrogen and oxygen atoms in total. The molecule has 0 saturated heterocycles. The van der Waals surface area contributed by atoms with Crippen molar-refractivity contribution in [2.24, 2.45) is 0 Å². The summed E-state index contributed by atoms with van der Waals surface area (Å²) in [5, 5.41) is 2.70. The molecule has 0 bridgehead atoms. The molecule has 0 aliphatic carbocycles. The molecule has 1 heterocycles. The normalized spacial score (nSPS) is 10.1. The maximum Gasteiger partial charge on any atom is 0.255 e. The lowest BCUT2D eigenvalue weighted by Crippen LogP contribution is -2.33. The van der Waals surface area contributed by atoms with Gasteiger partial charge < -0.3 is 10.1 Å². The molecular formula is C9H12ClN3O3. The van der Waals surface area contributed by atoms with Crippen molar-refractivity contribution in [3.63, 3.8) is 0 Å². The summed E-state index contributed by atoms with van der Waals surface area (Å²) in [6.07, 6.45) is 1.24. The number of amides is 1. The minimum atomic E-state index is -0.359. The zero-order valence-corrected chi connectivity index (χ0v) is 9.53. The zero-order valence-electron chi connectivity index (χ0n) is 8.77. The van der Waals surface area contributed by atoms with Gasteiger partial charge in [-0.1, -0.05) is 11.6 Å². The first-order valence-corrected chi connectivity index (χ1v) is 4.99. The summed E-state index contributed by atoms with van der Waals surface area (Å²) < 4.78 is 5.94. The van der Waals surface area contributed by atoms with Gasteiger partial charge in [0.2, 0.25) is 5.91 Å². The van der Waals surface area contributed by atoms with E-state index < -0.39 is 0 Å². The third-order valence-corrected chi connectivity index (χ3v) is 2.00. The molecule has 0 saturated carbocycles. The van der Waals surface area contributed by atoms with Crippen LogP contribution in [0.25, 0.3) is 0 Å². The van der Waals surface area contributed by atoms with Crippen molar-refractivity contribution in [1.29, 1.82) is 0 Å². The largest absolute Gasteiger partial charge is 0.383 e. The van der Waals surface area contributed by atoms with E-state index in [0.717, 1.165) is 6.07 Å². The van der Waals surface area contributed by atoms with Crippen LogP contribution in [0.3, 0.4) is 0 Å². The summed E-state index contributed by atoms with van der Waals surface area (Å²) in [6, 6.07) is 1.16. The number of nitrogens with zero attached hydrogens (tertiary/aromatic N) is 2. The molecule has 16 heavy (non-hydrogen) atoms. The van der Waals surface area contributed by atoms with E-state index >= 15 is 0 Å². The van der Waals surface area contributed by atoms with Crippen LogP contribution in [0.2, 0.25) is 5.15 Å². The fourth-order valence-electron chi connectivity index (χ4n) is 1.03. The molecule has 1 aromatic rings. The van der Waals surface area contributed by atoms with Gasteiger partial charge in [0.15, 0.2) is 0 Å². The molecule has 0 spiro atoms. The molecule has 0 aliphatic heterocycles. The Morgan fingerprint density at radius 2 is 2.44 bits per heavy atom. The summed E-state index contributed by atoms with van der Waals surface area (Å²) in [7, 11) is 1.54. The van der Waals surface area contributed by atoms with Crippen molar-refractivity contribution in [1.82, 2.24) is 14.9 Å². The first-order chi connectivity index (χ1) is 7.63. The Morgan fingerprint density at radius 3 is 3.06 bits per heavy atom. The number of aromatic nitrogens is 2. The van der Waals surface area contributed by atoms with Gasteiger partial charge in [0, 0.05) is 19.7 Å². The topological polar surface area (TPSA) is 73.2 Å². The van der Waals surface area contributed by atoms with E-state index in [1.807, 2.05) is 0 Å². The molecule has 0 unspecified atom stereocenters. The Bertz CT molecular complexity index is 419. The highest BCUT2D eigenvalue weighted by molar-refractivity contribution is 6.29. The monoisotopic (exact) mass is 245 g/mol. The number of hydrogen-bond donors (Lipinski definition) is 1. The fourth-order valence-corrected chi connectivity index (χ4v) is 1.16. The highest BCUT2D eigenvalue weighted by Gasteiger charge is 2.04. The van der Waals surface area contributed by atoms with Crippen LogP contribution in [0, 0.1) is 0 Å². The van der Waals surface area contributed by atoms with Gasteiger partial charge in [-0.05, 0) is 0 Å². The van der Waals surface area contributed by atoms with Crippen LogP contribution in [-0.4, -0.2) is 35.7 Å². The summed E-state index contributed by atoms with van der Waals surface area (Å²) in [6.45, 7) is 0.761. The average Bonchev–Trinajstić information content (AvgIpc) is 2.23. The standard InChI is InChI=1S/C9H12ClN3O3/c1-16-3-2-11-8(14)5-13-6-12-7(10)4-9(13)15/h4,6H,2-3,5H2,1H3,(H,11,14). The average molecular weight is 246 g/mol. The van der Waals surface area contributed by atoms with Crippen LogP contribution in [0.5, 0.6) is 0 Å². The lowest BCUT2D eigenvalue weighted by molar-refractivity contribution is -0.121. The van der Waals surface area contributed by atoms with Gasteiger partial charge in [0.25, 0.3) is 5.56 Å². The third-order valence-electron chi connectivity index (χ3n) is 1.79. The Morgan fingerprint density at radius 1 is 1.69 bits per heavy atom. The van der Waals surface area contributed by atoms with E-state index in [1.165, 1.54) is 10.9 Å². The number of carbonyl (C=O) groups excluding carboxylic acids is 1. The molecule has 0 radical (unpaired) electrons. The Balaban J connectivity index is 2.53. The maximum atomic E-state index is 11.3. The highest BCUT2D eigenvalue weighted by Crippen LogP contribution is 1.95. The molecule has 1 aromatic heterocycles. The second-order valence-electron chi connectivity index (χ2n) is 3.02.